The summed E-state index contributed by atoms with van der Waals surface area (Å²) in [6, 6.07) is 3.76. The Bertz CT molecular complexity index is 654. The summed E-state index contributed by atoms with van der Waals surface area (Å²) in [7, 11) is 1.84. The predicted molar refractivity (Wildman–Crippen MR) is 84.4 cm³/mol. The zero-order chi connectivity index (χ0) is 15.2. The molecule has 0 aliphatic heterocycles. The van der Waals surface area contributed by atoms with Crippen molar-refractivity contribution in [2.75, 3.05) is 12.4 Å². The van der Waals surface area contributed by atoms with Gasteiger partial charge in [0.25, 0.3) is 0 Å². The van der Waals surface area contributed by atoms with Gasteiger partial charge in [0.2, 0.25) is 5.89 Å². The Labute approximate surface area is 133 Å². The number of aromatic nitrogens is 2. The van der Waals surface area contributed by atoms with Gasteiger partial charge >= 0.3 is 0 Å². The van der Waals surface area contributed by atoms with E-state index < -0.39 is 0 Å². The Balaban J connectivity index is 2.06. The largest absolute Gasteiger partial charge is 0.388 e. The van der Waals surface area contributed by atoms with E-state index in [1.807, 2.05) is 33.0 Å². The molecule has 1 aliphatic rings. The monoisotopic (exact) mass is 325 g/mol. The minimum absolute atomic E-state index is 0.208. The Morgan fingerprint density at radius 3 is 2.29 bits per heavy atom. The van der Waals surface area contributed by atoms with Gasteiger partial charge in [-0.1, -0.05) is 42.2 Å². The van der Waals surface area contributed by atoms with Crippen LogP contribution in [0.3, 0.4) is 0 Å². The van der Waals surface area contributed by atoms with Crippen LogP contribution < -0.4 is 5.32 Å². The van der Waals surface area contributed by atoms with Gasteiger partial charge in [0.1, 0.15) is 0 Å². The fourth-order valence-electron chi connectivity index (χ4n) is 2.55. The molecule has 2 aromatic rings. The smallest absolute Gasteiger partial charge is 0.229 e. The molecule has 1 aliphatic carbocycles. The fourth-order valence-corrected chi connectivity index (χ4v) is 3.40. The lowest BCUT2D eigenvalue weighted by atomic mass is 9.94. The van der Waals surface area contributed by atoms with Crippen LogP contribution in [0.15, 0.2) is 16.7 Å². The summed E-state index contributed by atoms with van der Waals surface area (Å²) in [5.74, 6) is 1.54. The summed E-state index contributed by atoms with van der Waals surface area (Å²) in [5.41, 5.74) is 1.50. The topological polar surface area (TPSA) is 51.0 Å². The van der Waals surface area contributed by atoms with Gasteiger partial charge in [-0.05, 0) is 25.0 Å². The van der Waals surface area contributed by atoms with Crippen molar-refractivity contribution in [2.45, 2.75) is 38.0 Å². The molecule has 1 saturated carbocycles. The zero-order valence-electron chi connectivity index (χ0n) is 12.2. The Morgan fingerprint density at radius 2 is 1.86 bits per heavy atom. The summed E-state index contributed by atoms with van der Waals surface area (Å²) < 4.78 is 5.34. The van der Waals surface area contributed by atoms with Crippen LogP contribution in [-0.2, 0) is 5.41 Å². The Morgan fingerprint density at radius 1 is 1.24 bits per heavy atom. The first-order valence-electron chi connectivity index (χ1n) is 6.99. The second kappa shape index (κ2) is 5.18. The third-order valence-corrected chi connectivity index (χ3v) is 4.52. The van der Waals surface area contributed by atoms with Crippen LogP contribution in [0.4, 0.5) is 5.69 Å². The predicted octanol–water partition coefficient (Wildman–Crippen LogP) is 4.62. The van der Waals surface area contributed by atoms with Crippen LogP contribution in [0.25, 0.3) is 0 Å². The lowest BCUT2D eigenvalue weighted by Gasteiger charge is -2.16. The molecular formula is C15H17Cl2N3O. The second-order valence-corrected chi connectivity index (χ2v) is 6.57. The number of hydrogen-bond donors (Lipinski definition) is 1. The third kappa shape index (κ3) is 2.40. The van der Waals surface area contributed by atoms with Gasteiger partial charge in [-0.2, -0.15) is 4.98 Å². The van der Waals surface area contributed by atoms with E-state index in [0.29, 0.717) is 21.8 Å². The molecule has 1 N–H and O–H groups in total. The molecule has 0 atom stereocenters. The lowest BCUT2D eigenvalue weighted by molar-refractivity contribution is 0.358. The first-order chi connectivity index (χ1) is 9.98. The van der Waals surface area contributed by atoms with Gasteiger partial charge in [-0.25, -0.2) is 0 Å². The molecule has 0 radical (unpaired) electrons. The maximum absolute atomic E-state index is 6.45. The van der Waals surface area contributed by atoms with Crippen LogP contribution in [0.5, 0.6) is 0 Å². The van der Waals surface area contributed by atoms with Crippen molar-refractivity contribution in [2.24, 2.45) is 0 Å². The summed E-state index contributed by atoms with van der Waals surface area (Å²) >= 11 is 12.9. The standard InChI is InChI=1S/C15H17Cl2N3O/c1-8(2)13-19-14(20-21-13)15(4-5-15)12-10(16)6-9(18-3)7-11(12)17/h6-8,18H,4-5H2,1-3H3. The summed E-state index contributed by atoms with van der Waals surface area (Å²) in [4.78, 5) is 4.53. The Kier molecular flexibility index (Phi) is 3.62. The van der Waals surface area contributed by atoms with E-state index in [-0.39, 0.29) is 11.3 Å². The SMILES string of the molecule is CNc1cc(Cl)c(C2(c3noc(C(C)C)n3)CC2)c(Cl)c1. The first kappa shape index (κ1) is 14.7. The lowest BCUT2D eigenvalue weighted by Crippen LogP contribution is -2.13. The van der Waals surface area contributed by atoms with E-state index in [1.165, 1.54) is 0 Å². The summed E-state index contributed by atoms with van der Waals surface area (Å²) in [5, 5.41) is 8.48. The highest BCUT2D eigenvalue weighted by molar-refractivity contribution is 6.36. The van der Waals surface area contributed by atoms with Gasteiger partial charge in [0.05, 0.1) is 5.41 Å². The molecule has 4 nitrogen and oxygen atoms in total. The molecule has 1 heterocycles. The highest BCUT2D eigenvalue weighted by Gasteiger charge is 2.52. The summed E-state index contributed by atoms with van der Waals surface area (Å²) in [6.07, 6.45) is 1.87. The van der Waals surface area contributed by atoms with E-state index in [1.54, 1.807) is 0 Å². The molecule has 1 fully saturated rings. The van der Waals surface area contributed by atoms with Crippen molar-refractivity contribution in [1.82, 2.24) is 10.1 Å². The third-order valence-electron chi connectivity index (χ3n) is 3.92. The van der Waals surface area contributed by atoms with Crippen molar-refractivity contribution in [1.29, 1.82) is 0 Å². The van der Waals surface area contributed by atoms with Crippen LogP contribution >= 0.6 is 23.2 Å². The van der Waals surface area contributed by atoms with E-state index in [2.05, 4.69) is 15.5 Å². The van der Waals surface area contributed by atoms with Gasteiger partial charge in [0.15, 0.2) is 5.82 Å². The van der Waals surface area contributed by atoms with E-state index in [0.717, 1.165) is 24.1 Å². The average molecular weight is 326 g/mol. The number of halogens is 2. The minimum atomic E-state index is -0.295. The molecule has 0 bridgehead atoms. The van der Waals surface area contributed by atoms with Gasteiger partial charge in [-0.15, -0.1) is 0 Å². The molecule has 0 unspecified atom stereocenters. The van der Waals surface area contributed by atoms with Crippen LogP contribution in [0.2, 0.25) is 10.0 Å². The zero-order valence-corrected chi connectivity index (χ0v) is 13.7. The molecule has 112 valence electrons. The number of benzene rings is 1. The van der Waals surface area contributed by atoms with Gasteiger partial charge < -0.3 is 9.84 Å². The highest BCUT2D eigenvalue weighted by atomic mass is 35.5. The molecule has 1 aromatic heterocycles. The fraction of sp³-hybridized carbons (Fsp3) is 0.467. The number of anilines is 1. The normalized spacial score (nSPS) is 16.3. The minimum Gasteiger partial charge on any atom is -0.388 e. The van der Waals surface area contributed by atoms with Crippen LogP contribution in [0.1, 0.15) is 49.9 Å². The Hall–Kier alpha value is -1.26. The van der Waals surface area contributed by atoms with Crippen LogP contribution in [0, 0.1) is 0 Å². The molecule has 3 rings (SSSR count). The highest BCUT2D eigenvalue weighted by Crippen LogP contribution is 2.56. The maximum Gasteiger partial charge on any atom is 0.229 e. The molecule has 0 saturated heterocycles. The van der Waals surface area contributed by atoms with E-state index in [9.17, 15) is 0 Å². The average Bonchev–Trinajstić information content (AvgIpc) is 3.05. The number of hydrogen-bond acceptors (Lipinski definition) is 4. The molecule has 0 amide bonds. The van der Waals surface area contributed by atoms with Crippen molar-refractivity contribution in [3.05, 3.63) is 39.5 Å². The van der Waals surface area contributed by atoms with Gasteiger partial charge in [-0.3, -0.25) is 0 Å². The maximum atomic E-state index is 6.45. The van der Waals surface area contributed by atoms with Gasteiger partial charge in [0, 0.05) is 34.3 Å². The van der Waals surface area contributed by atoms with E-state index >= 15 is 0 Å². The molecular weight excluding hydrogens is 309 g/mol. The molecule has 6 heteroatoms. The van der Waals surface area contributed by atoms with Crippen molar-refractivity contribution in [3.63, 3.8) is 0 Å². The van der Waals surface area contributed by atoms with Crippen molar-refractivity contribution in [3.8, 4) is 0 Å². The van der Waals surface area contributed by atoms with Crippen molar-refractivity contribution >= 4 is 28.9 Å². The van der Waals surface area contributed by atoms with Crippen molar-refractivity contribution < 1.29 is 4.52 Å². The number of nitrogens with zero attached hydrogens (tertiary/aromatic N) is 2. The number of nitrogens with one attached hydrogen (secondary N) is 1. The molecule has 1 aromatic carbocycles. The van der Waals surface area contributed by atoms with E-state index in [4.69, 9.17) is 27.7 Å². The first-order valence-corrected chi connectivity index (χ1v) is 7.75. The van der Waals surface area contributed by atoms with Crippen LogP contribution in [-0.4, -0.2) is 17.2 Å². The molecule has 21 heavy (non-hydrogen) atoms. The summed E-state index contributed by atoms with van der Waals surface area (Å²) in [6.45, 7) is 4.05. The second-order valence-electron chi connectivity index (χ2n) is 5.76. The number of rotatable bonds is 4. The molecule has 0 spiro atoms. The quantitative estimate of drug-likeness (QED) is 0.890.